The number of halogens is 1. The van der Waals surface area contributed by atoms with Gasteiger partial charge in [0.1, 0.15) is 11.5 Å². The first kappa shape index (κ1) is 12.2. The Hall–Kier alpha value is -0.900. The molecule has 1 rings (SSSR count). The Balaban J connectivity index is 3.05. The lowest BCUT2D eigenvalue weighted by molar-refractivity contribution is 0.323. The molecule has 0 atom stereocenters. The number of hydrogen-bond acceptors (Lipinski definition) is 3. The molecule has 1 N–H and O–H groups in total. The molecule has 0 saturated heterocycles. The van der Waals surface area contributed by atoms with E-state index in [4.69, 9.17) is 9.47 Å². The summed E-state index contributed by atoms with van der Waals surface area (Å²) in [6, 6.07) is 3.85. The first-order valence-electron chi connectivity index (χ1n) is 4.99. The van der Waals surface area contributed by atoms with Gasteiger partial charge in [-0.2, -0.15) is 0 Å². The maximum absolute atomic E-state index is 5.51. The van der Waals surface area contributed by atoms with E-state index in [1.807, 2.05) is 33.0 Å². The zero-order valence-corrected chi connectivity index (χ0v) is 10.8. The topological polar surface area (TPSA) is 30.5 Å². The highest BCUT2D eigenvalue weighted by atomic mass is 79.9. The fourth-order valence-corrected chi connectivity index (χ4v) is 1.73. The van der Waals surface area contributed by atoms with Gasteiger partial charge in [-0.05, 0) is 35.8 Å². The molecule has 84 valence electrons. The van der Waals surface area contributed by atoms with E-state index in [-0.39, 0.29) is 0 Å². The maximum atomic E-state index is 5.51. The monoisotopic (exact) mass is 273 g/mol. The van der Waals surface area contributed by atoms with E-state index in [9.17, 15) is 0 Å². The lowest BCUT2D eigenvalue weighted by Crippen LogP contribution is -2.00. The molecule has 0 amide bonds. The Morgan fingerprint density at radius 1 is 1.13 bits per heavy atom. The molecule has 0 aromatic heterocycles. The number of benzene rings is 1. The lowest BCUT2D eigenvalue weighted by Gasteiger charge is -2.13. The number of rotatable bonds is 5. The van der Waals surface area contributed by atoms with Crippen LogP contribution in [-0.4, -0.2) is 20.3 Å². The average molecular weight is 274 g/mol. The van der Waals surface area contributed by atoms with Gasteiger partial charge in [-0.3, -0.25) is 0 Å². The average Bonchev–Trinajstić information content (AvgIpc) is 2.23. The van der Waals surface area contributed by atoms with Gasteiger partial charge < -0.3 is 14.8 Å². The molecule has 0 aliphatic carbocycles. The molecule has 0 aliphatic rings. The van der Waals surface area contributed by atoms with E-state index in [2.05, 4.69) is 21.2 Å². The molecule has 15 heavy (non-hydrogen) atoms. The van der Waals surface area contributed by atoms with E-state index in [0.29, 0.717) is 13.2 Å². The smallest absolute Gasteiger partial charge is 0.146 e. The minimum absolute atomic E-state index is 0.641. The Kier molecular flexibility index (Phi) is 4.75. The molecular weight excluding hydrogens is 258 g/mol. The Labute approximate surface area is 98.9 Å². The van der Waals surface area contributed by atoms with Crippen LogP contribution in [0.2, 0.25) is 0 Å². The number of ether oxygens (including phenoxy) is 2. The molecule has 0 heterocycles. The molecular formula is C11H16BrNO2. The van der Waals surface area contributed by atoms with E-state index >= 15 is 0 Å². The largest absolute Gasteiger partial charge is 0.493 e. The zero-order chi connectivity index (χ0) is 11.3. The summed E-state index contributed by atoms with van der Waals surface area (Å²) in [5.41, 5.74) is 0.951. The van der Waals surface area contributed by atoms with Gasteiger partial charge in [0.2, 0.25) is 0 Å². The van der Waals surface area contributed by atoms with Crippen LogP contribution in [0.15, 0.2) is 16.6 Å². The normalized spacial score (nSPS) is 9.87. The number of hydrogen-bond donors (Lipinski definition) is 1. The Morgan fingerprint density at radius 2 is 1.73 bits per heavy atom. The van der Waals surface area contributed by atoms with Crippen molar-refractivity contribution in [3.63, 3.8) is 0 Å². The predicted octanol–water partition coefficient (Wildman–Crippen LogP) is 3.29. The molecule has 0 unspecified atom stereocenters. The Bertz CT molecular complexity index is 329. The van der Waals surface area contributed by atoms with Crippen molar-refractivity contribution in [1.29, 1.82) is 0 Å². The molecule has 4 heteroatoms. The second-order valence-electron chi connectivity index (χ2n) is 2.89. The fraction of sp³-hybridized carbons (Fsp3) is 0.455. The molecule has 0 bridgehead atoms. The first-order valence-corrected chi connectivity index (χ1v) is 5.79. The number of nitrogens with one attached hydrogen (secondary N) is 1. The van der Waals surface area contributed by atoms with Crippen molar-refractivity contribution in [2.24, 2.45) is 0 Å². The van der Waals surface area contributed by atoms with Crippen LogP contribution >= 0.6 is 15.9 Å². The summed E-state index contributed by atoms with van der Waals surface area (Å²) < 4.78 is 11.9. The van der Waals surface area contributed by atoms with Crippen LogP contribution in [0.3, 0.4) is 0 Å². The standard InChI is InChI=1S/C11H16BrNO2/c1-4-14-10-7-11(15-5-2)9(13-3)6-8(10)12/h6-7,13H,4-5H2,1-3H3. The zero-order valence-electron chi connectivity index (χ0n) is 9.26. The van der Waals surface area contributed by atoms with Crippen LogP contribution in [0, 0.1) is 0 Å². The van der Waals surface area contributed by atoms with E-state index in [1.165, 1.54) is 0 Å². The van der Waals surface area contributed by atoms with Crippen molar-refractivity contribution in [3.8, 4) is 11.5 Å². The first-order chi connectivity index (χ1) is 7.22. The highest BCUT2D eigenvalue weighted by Gasteiger charge is 2.08. The van der Waals surface area contributed by atoms with Crippen LogP contribution in [0.1, 0.15) is 13.8 Å². The number of anilines is 1. The lowest BCUT2D eigenvalue weighted by atomic mass is 10.2. The molecule has 1 aromatic carbocycles. The van der Waals surface area contributed by atoms with E-state index in [0.717, 1.165) is 21.7 Å². The van der Waals surface area contributed by atoms with E-state index in [1.54, 1.807) is 0 Å². The van der Waals surface area contributed by atoms with Gasteiger partial charge in [0.05, 0.1) is 23.4 Å². The molecule has 0 radical (unpaired) electrons. The molecule has 0 fully saturated rings. The van der Waals surface area contributed by atoms with Crippen LogP contribution in [0.5, 0.6) is 11.5 Å². The van der Waals surface area contributed by atoms with Gasteiger partial charge in [0, 0.05) is 13.1 Å². The van der Waals surface area contributed by atoms with Gasteiger partial charge in [0.25, 0.3) is 0 Å². The summed E-state index contributed by atoms with van der Waals surface area (Å²) in [6.07, 6.45) is 0. The third kappa shape index (κ3) is 3.02. The van der Waals surface area contributed by atoms with Crippen molar-refractivity contribution in [2.75, 3.05) is 25.6 Å². The van der Waals surface area contributed by atoms with Crippen LogP contribution in [0.4, 0.5) is 5.69 Å². The maximum Gasteiger partial charge on any atom is 0.146 e. The minimum Gasteiger partial charge on any atom is -0.493 e. The van der Waals surface area contributed by atoms with Crippen LogP contribution in [-0.2, 0) is 0 Å². The van der Waals surface area contributed by atoms with E-state index < -0.39 is 0 Å². The van der Waals surface area contributed by atoms with Crippen molar-refractivity contribution in [1.82, 2.24) is 0 Å². The molecule has 0 spiro atoms. The highest BCUT2D eigenvalue weighted by molar-refractivity contribution is 9.10. The van der Waals surface area contributed by atoms with Crippen LogP contribution < -0.4 is 14.8 Å². The SMILES string of the molecule is CCOc1cc(OCC)c(NC)cc1Br. The van der Waals surface area contributed by atoms with Gasteiger partial charge in [-0.15, -0.1) is 0 Å². The van der Waals surface area contributed by atoms with Crippen molar-refractivity contribution >= 4 is 21.6 Å². The van der Waals surface area contributed by atoms with Crippen molar-refractivity contribution in [3.05, 3.63) is 16.6 Å². The quantitative estimate of drug-likeness (QED) is 0.893. The summed E-state index contributed by atoms with van der Waals surface area (Å²) in [6.45, 7) is 5.20. The fourth-order valence-electron chi connectivity index (χ4n) is 1.27. The van der Waals surface area contributed by atoms with Gasteiger partial charge in [-0.25, -0.2) is 0 Å². The second kappa shape index (κ2) is 5.85. The summed E-state index contributed by atoms with van der Waals surface area (Å²) >= 11 is 3.45. The van der Waals surface area contributed by atoms with Crippen molar-refractivity contribution < 1.29 is 9.47 Å². The molecule has 0 saturated carbocycles. The van der Waals surface area contributed by atoms with Crippen LogP contribution in [0.25, 0.3) is 0 Å². The third-order valence-corrected chi connectivity index (χ3v) is 2.52. The highest BCUT2D eigenvalue weighted by Crippen LogP contribution is 2.36. The van der Waals surface area contributed by atoms with Crippen molar-refractivity contribution in [2.45, 2.75) is 13.8 Å². The summed E-state index contributed by atoms with van der Waals surface area (Å²) in [4.78, 5) is 0. The van der Waals surface area contributed by atoms with Gasteiger partial charge in [0.15, 0.2) is 0 Å². The minimum atomic E-state index is 0.641. The predicted molar refractivity (Wildman–Crippen MR) is 66.0 cm³/mol. The third-order valence-electron chi connectivity index (χ3n) is 1.90. The van der Waals surface area contributed by atoms with Gasteiger partial charge >= 0.3 is 0 Å². The van der Waals surface area contributed by atoms with Gasteiger partial charge in [-0.1, -0.05) is 0 Å². The summed E-state index contributed by atoms with van der Waals surface area (Å²) in [7, 11) is 1.87. The molecule has 0 aliphatic heterocycles. The molecule has 1 aromatic rings. The summed E-state index contributed by atoms with van der Waals surface area (Å²) in [5, 5.41) is 3.08. The molecule has 3 nitrogen and oxygen atoms in total. The second-order valence-corrected chi connectivity index (χ2v) is 3.75. The summed E-state index contributed by atoms with van der Waals surface area (Å²) in [5.74, 6) is 1.62. The Morgan fingerprint density at radius 3 is 2.27 bits per heavy atom.